The largest absolute Gasteiger partial charge is 0.155 e. The van der Waals surface area contributed by atoms with E-state index in [1.165, 1.54) is 0 Å². The first-order valence-electron chi connectivity index (χ1n) is 10.9. The standard InChI is InChI=1S/C30H36N4/c1-9-15-17-18-19-25(7)31-34-30(14-6)24-23-28(12-4)27(11-3)22-21-26(8)32-33-29(13-5)20-16-10-2/h9-24H,3-6H2,1-2,7-8H3/b15-9-,16-10-,18-17-,25-19+,26-21+,27-22+,28-23+,29-20+,30-24+,33-32+,34-31+. The first kappa shape index (κ1) is 29.8. The van der Waals surface area contributed by atoms with Crippen LogP contribution in [-0.4, -0.2) is 0 Å². The van der Waals surface area contributed by atoms with Crippen molar-refractivity contribution in [3.8, 4) is 0 Å². The van der Waals surface area contributed by atoms with E-state index in [4.69, 9.17) is 0 Å². The van der Waals surface area contributed by atoms with Crippen LogP contribution >= 0.6 is 0 Å². The van der Waals surface area contributed by atoms with Gasteiger partial charge in [0.15, 0.2) is 0 Å². The Bertz CT molecular complexity index is 1040. The first-order chi connectivity index (χ1) is 16.4. The fraction of sp³-hybridized carbons (Fsp3) is 0.133. The van der Waals surface area contributed by atoms with Gasteiger partial charge in [0.25, 0.3) is 0 Å². The summed E-state index contributed by atoms with van der Waals surface area (Å²) in [4.78, 5) is 0. The molecular formula is C30H36N4. The molecule has 0 aromatic carbocycles. The molecule has 0 aliphatic heterocycles. The van der Waals surface area contributed by atoms with Gasteiger partial charge >= 0.3 is 0 Å². The van der Waals surface area contributed by atoms with Gasteiger partial charge in [-0.3, -0.25) is 0 Å². The number of allylic oxidation sites excluding steroid dienone is 20. The Morgan fingerprint density at radius 1 is 0.471 bits per heavy atom. The van der Waals surface area contributed by atoms with Gasteiger partial charge in [-0.2, -0.15) is 20.5 Å². The minimum absolute atomic E-state index is 0.623. The Morgan fingerprint density at radius 2 is 0.971 bits per heavy atom. The number of nitrogens with zero attached hydrogens (tertiary/aromatic N) is 4. The average molecular weight is 453 g/mol. The Balaban J connectivity index is 5.71. The lowest BCUT2D eigenvalue weighted by Crippen LogP contribution is -1.83. The molecule has 0 saturated heterocycles. The van der Waals surface area contributed by atoms with Gasteiger partial charge in [0.1, 0.15) is 0 Å². The molecule has 176 valence electrons. The molecule has 0 aromatic heterocycles. The molecule has 0 spiro atoms. The third kappa shape index (κ3) is 14.0. The van der Waals surface area contributed by atoms with Gasteiger partial charge in [-0.05, 0) is 75.3 Å². The van der Waals surface area contributed by atoms with Crippen molar-refractivity contribution in [2.24, 2.45) is 20.5 Å². The minimum Gasteiger partial charge on any atom is -0.155 e. The summed E-state index contributed by atoms with van der Waals surface area (Å²) in [6.45, 7) is 23.0. The van der Waals surface area contributed by atoms with Gasteiger partial charge in [-0.1, -0.05) is 87.1 Å². The molecule has 0 unspecified atom stereocenters. The van der Waals surface area contributed by atoms with E-state index in [1.54, 1.807) is 24.3 Å². The van der Waals surface area contributed by atoms with E-state index in [0.717, 1.165) is 22.5 Å². The average Bonchev–Trinajstić information content (AvgIpc) is 2.85. The highest BCUT2D eigenvalue weighted by Gasteiger charge is 1.97. The van der Waals surface area contributed by atoms with E-state index in [1.807, 2.05) is 101 Å². The van der Waals surface area contributed by atoms with Crippen molar-refractivity contribution in [2.45, 2.75) is 27.7 Å². The Labute approximate surface area is 205 Å². The normalized spacial score (nSPS) is 15.4. The summed E-state index contributed by atoms with van der Waals surface area (Å²) in [7, 11) is 0. The minimum atomic E-state index is 0.623. The Hall–Kier alpha value is -4.18. The number of hydrogen-bond acceptors (Lipinski definition) is 4. The quantitative estimate of drug-likeness (QED) is 0.186. The number of hydrogen-bond donors (Lipinski definition) is 0. The zero-order valence-electron chi connectivity index (χ0n) is 20.9. The summed E-state index contributed by atoms with van der Waals surface area (Å²) in [5.74, 6) is 0. The second-order valence-electron chi connectivity index (χ2n) is 6.70. The third-order valence-corrected chi connectivity index (χ3v) is 3.99. The van der Waals surface area contributed by atoms with Gasteiger partial charge in [0.05, 0.1) is 22.8 Å². The first-order valence-corrected chi connectivity index (χ1v) is 10.9. The summed E-state index contributed by atoms with van der Waals surface area (Å²) < 4.78 is 0. The van der Waals surface area contributed by atoms with Crippen LogP contribution in [0.1, 0.15) is 27.7 Å². The van der Waals surface area contributed by atoms with Crippen LogP contribution in [0.4, 0.5) is 0 Å². The van der Waals surface area contributed by atoms with Crippen LogP contribution in [0, 0.1) is 0 Å². The van der Waals surface area contributed by atoms with E-state index >= 15 is 0 Å². The van der Waals surface area contributed by atoms with Gasteiger partial charge in [0, 0.05) is 0 Å². The lowest BCUT2D eigenvalue weighted by atomic mass is 10.0. The summed E-state index contributed by atoms with van der Waals surface area (Å²) in [6.07, 6.45) is 29.6. The van der Waals surface area contributed by atoms with Gasteiger partial charge in [-0.15, -0.1) is 0 Å². The van der Waals surface area contributed by atoms with E-state index in [-0.39, 0.29) is 0 Å². The lowest BCUT2D eigenvalue weighted by molar-refractivity contribution is 1.09. The number of azo groups is 2. The molecule has 0 heterocycles. The van der Waals surface area contributed by atoms with Crippen molar-refractivity contribution in [3.05, 3.63) is 157 Å². The molecule has 0 amide bonds. The van der Waals surface area contributed by atoms with E-state index < -0.39 is 0 Å². The molecule has 0 rings (SSSR count). The van der Waals surface area contributed by atoms with Crippen LogP contribution in [0.5, 0.6) is 0 Å². The van der Waals surface area contributed by atoms with Crippen molar-refractivity contribution in [2.75, 3.05) is 0 Å². The van der Waals surface area contributed by atoms with Gasteiger partial charge in [0.2, 0.25) is 0 Å². The van der Waals surface area contributed by atoms with E-state index in [9.17, 15) is 0 Å². The molecule has 0 atom stereocenters. The molecular weight excluding hydrogens is 416 g/mol. The van der Waals surface area contributed by atoms with Crippen LogP contribution in [0.25, 0.3) is 0 Å². The predicted octanol–water partition coefficient (Wildman–Crippen LogP) is 9.77. The SMILES string of the molecule is C=CC(=C\C=C/C)/N=N/C(C)=C/C=C(C=C)/C(C=C)=C/C=C(C=C)/N=N/C(C)=C/C=C\C=C/C. The smallest absolute Gasteiger partial charge is 0.0851 e. The maximum absolute atomic E-state index is 4.24. The molecule has 0 aromatic rings. The Morgan fingerprint density at radius 3 is 1.47 bits per heavy atom. The van der Waals surface area contributed by atoms with E-state index in [2.05, 4.69) is 46.8 Å². The van der Waals surface area contributed by atoms with Crippen LogP contribution in [0.2, 0.25) is 0 Å². The highest BCUT2D eigenvalue weighted by atomic mass is 15.1. The van der Waals surface area contributed by atoms with Crippen molar-refractivity contribution in [3.63, 3.8) is 0 Å². The van der Waals surface area contributed by atoms with Crippen molar-refractivity contribution < 1.29 is 0 Å². The maximum atomic E-state index is 4.24. The monoisotopic (exact) mass is 452 g/mol. The van der Waals surface area contributed by atoms with Gasteiger partial charge in [-0.25, -0.2) is 0 Å². The van der Waals surface area contributed by atoms with Crippen LogP contribution in [-0.2, 0) is 0 Å². The second-order valence-corrected chi connectivity index (χ2v) is 6.70. The van der Waals surface area contributed by atoms with Crippen LogP contribution < -0.4 is 0 Å². The van der Waals surface area contributed by atoms with Crippen LogP contribution in [0.15, 0.2) is 178 Å². The fourth-order valence-corrected chi connectivity index (χ4v) is 2.14. The molecule has 4 heteroatoms. The van der Waals surface area contributed by atoms with Crippen LogP contribution in [0.3, 0.4) is 0 Å². The molecule has 0 aliphatic carbocycles. The molecule has 4 nitrogen and oxygen atoms in total. The Kier molecular flexibility index (Phi) is 17.1. The summed E-state index contributed by atoms with van der Waals surface area (Å²) >= 11 is 0. The highest BCUT2D eigenvalue weighted by molar-refractivity contribution is 5.49. The predicted molar refractivity (Wildman–Crippen MR) is 149 cm³/mol. The molecule has 34 heavy (non-hydrogen) atoms. The molecule has 0 bridgehead atoms. The summed E-state index contributed by atoms with van der Waals surface area (Å²) in [5.41, 5.74) is 4.56. The molecule has 0 fully saturated rings. The topological polar surface area (TPSA) is 49.4 Å². The summed E-state index contributed by atoms with van der Waals surface area (Å²) in [6, 6.07) is 0. The maximum Gasteiger partial charge on any atom is 0.0851 e. The molecule has 0 radical (unpaired) electrons. The fourth-order valence-electron chi connectivity index (χ4n) is 2.14. The zero-order chi connectivity index (χ0) is 25.6. The second kappa shape index (κ2) is 19.5. The molecule has 0 saturated carbocycles. The van der Waals surface area contributed by atoms with E-state index in [0.29, 0.717) is 11.4 Å². The van der Waals surface area contributed by atoms with Crippen molar-refractivity contribution in [1.82, 2.24) is 0 Å². The van der Waals surface area contributed by atoms with Crippen molar-refractivity contribution >= 4 is 0 Å². The lowest BCUT2D eigenvalue weighted by Gasteiger charge is -2.01. The molecule has 0 aliphatic rings. The van der Waals surface area contributed by atoms with Crippen molar-refractivity contribution in [1.29, 1.82) is 0 Å². The number of rotatable bonds is 14. The molecule has 0 N–H and O–H groups in total. The summed E-state index contributed by atoms with van der Waals surface area (Å²) in [5, 5.41) is 16.9. The zero-order valence-corrected chi connectivity index (χ0v) is 20.9. The van der Waals surface area contributed by atoms with Gasteiger partial charge < -0.3 is 0 Å². The third-order valence-electron chi connectivity index (χ3n) is 3.99. The highest BCUT2D eigenvalue weighted by Crippen LogP contribution is 2.15.